The summed E-state index contributed by atoms with van der Waals surface area (Å²) in [6.07, 6.45) is 1.30. The molecule has 2 N–H and O–H groups in total. The predicted molar refractivity (Wildman–Crippen MR) is 118 cm³/mol. The number of ether oxygens (including phenoxy) is 1. The van der Waals surface area contributed by atoms with Crippen LogP contribution in [0.15, 0.2) is 30.3 Å². The maximum atomic E-state index is 13.1. The van der Waals surface area contributed by atoms with E-state index in [-0.39, 0.29) is 18.0 Å². The van der Waals surface area contributed by atoms with Crippen LogP contribution >= 0.6 is 11.8 Å². The highest BCUT2D eigenvalue weighted by molar-refractivity contribution is 8.01. The summed E-state index contributed by atoms with van der Waals surface area (Å²) in [5.41, 5.74) is 0.551. The standard InChI is InChI=1S/C23H34O6S/c1-6-22(3,4)17(21(28)29-15-16-11-9-8-10-12-16)14-23(5,7-2)30-18(20(26)27)13-19(24)25/h8-12,17-18H,6-7,13-15H2,1-5H3,(H,24,25)(H,26,27). The van der Waals surface area contributed by atoms with Crippen molar-refractivity contribution in [2.75, 3.05) is 0 Å². The van der Waals surface area contributed by atoms with Crippen LogP contribution in [0.2, 0.25) is 0 Å². The molecule has 0 amide bonds. The number of carboxylic acid groups (broad SMARTS) is 2. The number of carbonyl (C=O) groups excluding carboxylic acids is 1. The summed E-state index contributed by atoms with van der Waals surface area (Å²) >= 11 is 1.13. The number of carboxylic acids is 2. The van der Waals surface area contributed by atoms with E-state index in [9.17, 15) is 19.5 Å². The Balaban J connectivity index is 3.03. The Morgan fingerprint density at radius 1 is 1.03 bits per heavy atom. The molecule has 0 bridgehead atoms. The zero-order valence-electron chi connectivity index (χ0n) is 18.5. The number of thioether (sulfide) groups is 1. The number of benzene rings is 1. The Morgan fingerprint density at radius 2 is 1.63 bits per heavy atom. The molecule has 0 spiro atoms. The van der Waals surface area contributed by atoms with Crippen LogP contribution in [-0.2, 0) is 25.7 Å². The number of rotatable bonds is 13. The molecule has 1 aromatic carbocycles. The van der Waals surface area contributed by atoms with E-state index < -0.39 is 34.3 Å². The normalized spacial score (nSPS) is 15.6. The van der Waals surface area contributed by atoms with Crippen LogP contribution in [0.1, 0.15) is 65.9 Å². The van der Waals surface area contributed by atoms with Gasteiger partial charge in [-0.05, 0) is 23.8 Å². The number of aliphatic carboxylic acids is 2. The smallest absolute Gasteiger partial charge is 0.317 e. The molecule has 6 nitrogen and oxygen atoms in total. The Labute approximate surface area is 183 Å². The first-order valence-corrected chi connectivity index (χ1v) is 11.1. The number of carbonyl (C=O) groups is 3. The average Bonchev–Trinajstić information content (AvgIpc) is 2.70. The molecular weight excluding hydrogens is 404 g/mol. The maximum Gasteiger partial charge on any atom is 0.317 e. The van der Waals surface area contributed by atoms with E-state index in [0.29, 0.717) is 12.8 Å². The molecule has 1 rings (SSSR count). The van der Waals surface area contributed by atoms with Gasteiger partial charge in [0.05, 0.1) is 12.3 Å². The fourth-order valence-electron chi connectivity index (χ4n) is 3.14. The Bertz CT molecular complexity index is 718. The minimum absolute atomic E-state index is 0.183. The van der Waals surface area contributed by atoms with E-state index in [1.54, 1.807) is 0 Å². The van der Waals surface area contributed by atoms with E-state index in [2.05, 4.69) is 0 Å². The monoisotopic (exact) mass is 438 g/mol. The van der Waals surface area contributed by atoms with Crippen LogP contribution in [0.25, 0.3) is 0 Å². The van der Waals surface area contributed by atoms with Crippen LogP contribution in [0, 0.1) is 11.3 Å². The van der Waals surface area contributed by atoms with E-state index >= 15 is 0 Å². The van der Waals surface area contributed by atoms with Gasteiger partial charge in [0.1, 0.15) is 11.9 Å². The van der Waals surface area contributed by atoms with Crippen LogP contribution in [0.5, 0.6) is 0 Å². The van der Waals surface area contributed by atoms with Gasteiger partial charge >= 0.3 is 17.9 Å². The minimum atomic E-state index is -1.15. The second kappa shape index (κ2) is 11.4. The van der Waals surface area contributed by atoms with Crippen molar-refractivity contribution in [2.24, 2.45) is 11.3 Å². The third kappa shape index (κ3) is 8.01. The molecule has 7 heteroatoms. The van der Waals surface area contributed by atoms with Crippen molar-refractivity contribution < 1.29 is 29.3 Å². The molecule has 0 aromatic heterocycles. The van der Waals surface area contributed by atoms with Gasteiger partial charge in [-0.1, -0.05) is 71.4 Å². The molecule has 30 heavy (non-hydrogen) atoms. The van der Waals surface area contributed by atoms with Gasteiger partial charge in [-0.2, -0.15) is 0 Å². The number of hydrogen-bond acceptors (Lipinski definition) is 5. The van der Waals surface area contributed by atoms with E-state index in [1.165, 1.54) is 0 Å². The summed E-state index contributed by atoms with van der Waals surface area (Å²) in [5.74, 6) is -3.06. The van der Waals surface area contributed by atoms with Crippen LogP contribution in [0.4, 0.5) is 0 Å². The molecule has 0 aliphatic rings. The number of hydrogen-bond donors (Lipinski definition) is 2. The second-order valence-corrected chi connectivity index (χ2v) is 10.3. The van der Waals surface area contributed by atoms with Gasteiger partial charge in [0.15, 0.2) is 0 Å². The Hall–Kier alpha value is -2.02. The van der Waals surface area contributed by atoms with E-state index in [4.69, 9.17) is 9.84 Å². The molecule has 0 saturated heterocycles. The highest BCUT2D eigenvalue weighted by atomic mass is 32.2. The first kappa shape index (κ1) is 26.0. The summed E-state index contributed by atoms with van der Waals surface area (Å²) in [6, 6.07) is 9.45. The lowest BCUT2D eigenvalue weighted by Gasteiger charge is -2.39. The maximum absolute atomic E-state index is 13.1. The topological polar surface area (TPSA) is 101 Å². The van der Waals surface area contributed by atoms with E-state index in [1.807, 2.05) is 65.0 Å². The fraction of sp³-hybridized carbons (Fsp3) is 0.609. The zero-order valence-corrected chi connectivity index (χ0v) is 19.3. The van der Waals surface area contributed by atoms with Crippen molar-refractivity contribution in [2.45, 2.75) is 76.9 Å². The van der Waals surface area contributed by atoms with Crippen LogP contribution < -0.4 is 0 Å². The molecule has 168 valence electrons. The molecule has 3 unspecified atom stereocenters. The van der Waals surface area contributed by atoms with Crippen molar-refractivity contribution in [3.63, 3.8) is 0 Å². The van der Waals surface area contributed by atoms with Crippen molar-refractivity contribution in [1.82, 2.24) is 0 Å². The van der Waals surface area contributed by atoms with Gasteiger partial charge in [-0.15, -0.1) is 11.8 Å². The van der Waals surface area contributed by atoms with Crippen molar-refractivity contribution >= 4 is 29.7 Å². The fourth-order valence-corrected chi connectivity index (χ4v) is 4.59. The highest BCUT2D eigenvalue weighted by Crippen LogP contribution is 2.45. The lowest BCUT2D eigenvalue weighted by molar-refractivity contribution is -0.155. The van der Waals surface area contributed by atoms with Gasteiger partial charge in [0.25, 0.3) is 0 Å². The third-order valence-corrected chi connectivity index (χ3v) is 7.49. The van der Waals surface area contributed by atoms with Crippen molar-refractivity contribution in [1.29, 1.82) is 0 Å². The summed E-state index contributed by atoms with van der Waals surface area (Å²) in [6.45, 7) is 10.0. The molecule has 0 radical (unpaired) electrons. The molecular formula is C23H34O6S. The SMILES string of the molecule is CCC(C)(CC(C(=O)OCc1ccccc1)C(C)(C)CC)SC(CC(=O)O)C(=O)O. The summed E-state index contributed by atoms with van der Waals surface area (Å²) in [5, 5.41) is 17.5. The van der Waals surface area contributed by atoms with Gasteiger partial charge in [-0.25, -0.2) is 0 Å². The van der Waals surface area contributed by atoms with E-state index in [0.717, 1.165) is 23.7 Å². The first-order chi connectivity index (χ1) is 13.9. The average molecular weight is 439 g/mol. The Kier molecular flexibility index (Phi) is 9.88. The molecule has 0 aliphatic carbocycles. The van der Waals surface area contributed by atoms with Crippen LogP contribution in [0.3, 0.4) is 0 Å². The first-order valence-electron chi connectivity index (χ1n) is 10.3. The molecule has 3 atom stereocenters. The van der Waals surface area contributed by atoms with Gasteiger partial charge in [0.2, 0.25) is 0 Å². The van der Waals surface area contributed by atoms with Gasteiger partial charge in [0, 0.05) is 4.75 Å². The second-order valence-electron chi connectivity index (χ2n) is 8.54. The number of esters is 1. The summed E-state index contributed by atoms with van der Waals surface area (Å²) in [7, 11) is 0. The highest BCUT2D eigenvalue weighted by Gasteiger charge is 2.42. The predicted octanol–water partition coefficient (Wildman–Crippen LogP) is 5.00. The molecule has 0 saturated carbocycles. The largest absolute Gasteiger partial charge is 0.481 e. The van der Waals surface area contributed by atoms with Crippen molar-refractivity contribution in [3.8, 4) is 0 Å². The van der Waals surface area contributed by atoms with Crippen LogP contribution in [-0.4, -0.2) is 38.1 Å². The Morgan fingerprint density at radius 3 is 2.10 bits per heavy atom. The van der Waals surface area contributed by atoms with Gasteiger partial charge in [-0.3, -0.25) is 14.4 Å². The molecule has 0 fully saturated rings. The third-order valence-electron chi connectivity index (χ3n) is 5.81. The quantitative estimate of drug-likeness (QED) is 0.418. The summed E-state index contributed by atoms with van der Waals surface area (Å²) in [4.78, 5) is 35.7. The van der Waals surface area contributed by atoms with Crippen molar-refractivity contribution in [3.05, 3.63) is 35.9 Å². The molecule has 0 heterocycles. The lowest BCUT2D eigenvalue weighted by atomic mass is 9.72. The minimum Gasteiger partial charge on any atom is -0.481 e. The van der Waals surface area contributed by atoms with Gasteiger partial charge < -0.3 is 14.9 Å². The molecule has 0 aliphatic heterocycles. The zero-order chi connectivity index (χ0) is 22.9. The lowest BCUT2D eigenvalue weighted by Crippen LogP contribution is -2.39. The summed E-state index contributed by atoms with van der Waals surface area (Å²) < 4.78 is 5.05. The molecule has 1 aromatic rings.